The van der Waals surface area contributed by atoms with Gasteiger partial charge in [0, 0.05) is 30.0 Å². The van der Waals surface area contributed by atoms with Crippen molar-refractivity contribution >= 4 is 17.5 Å². The summed E-state index contributed by atoms with van der Waals surface area (Å²) in [4.78, 5) is 26.9. The van der Waals surface area contributed by atoms with Gasteiger partial charge >= 0.3 is 6.18 Å². The number of carbonyl (C=O) groups is 2. The van der Waals surface area contributed by atoms with Crippen molar-refractivity contribution in [3.8, 4) is 0 Å². The van der Waals surface area contributed by atoms with E-state index in [-0.39, 0.29) is 24.3 Å². The fourth-order valence-corrected chi connectivity index (χ4v) is 4.16. The summed E-state index contributed by atoms with van der Waals surface area (Å²) in [6, 6.07) is 17.6. The lowest BCUT2D eigenvalue weighted by Crippen LogP contribution is -2.40. The van der Waals surface area contributed by atoms with Crippen LogP contribution in [-0.2, 0) is 17.5 Å². The van der Waals surface area contributed by atoms with Gasteiger partial charge in [-0.05, 0) is 61.6 Å². The number of anilines is 1. The summed E-state index contributed by atoms with van der Waals surface area (Å²) in [6.07, 6.45) is -3.12. The Hall–Kier alpha value is -3.62. The number of alkyl halides is 3. The first-order chi connectivity index (χ1) is 16.2. The summed E-state index contributed by atoms with van der Waals surface area (Å²) in [6.45, 7) is 2.27. The van der Waals surface area contributed by atoms with Gasteiger partial charge in [-0.3, -0.25) is 14.3 Å². The van der Waals surface area contributed by atoms with E-state index in [0.717, 1.165) is 22.0 Å². The molecule has 0 spiro atoms. The molecule has 0 radical (unpaired) electrons. The Morgan fingerprint density at radius 1 is 1.03 bits per heavy atom. The number of aryl methyl sites for hydroxylation is 1. The first kappa shape index (κ1) is 23.5. The molecule has 2 aromatic carbocycles. The van der Waals surface area contributed by atoms with Crippen LogP contribution >= 0.6 is 0 Å². The number of likely N-dealkylation sites (tertiary alicyclic amines) is 1. The summed E-state index contributed by atoms with van der Waals surface area (Å²) >= 11 is 0. The number of carbonyl (C=O) groups excluding carboxylic acids is 2. The Kier molecular flexibility index (Phi) is 6.72. The Labute approximate surface area is 195 Å². The number of halogens is 3. The van der Waals surface area contributed by atoms with Crippen molar-refractivity contribution in [1.82, 2.24) is 14.7 Å². The molecule has 6 nitrogen and oxygen atoms in total. The van der Waals surface area contributed by atoms with Gasteiger partial charge in [0.1, 0.15) is 6.54 Å². The molecular weight excluding hydrogens is 445 g/mol. The second-order valence-electron chi connectivity index (χ2n) is 8.43. The van der Waals surface area contributed by atoms with Crippen molar-refractivity contribution in [3.05, 3.63) is 83.2 Å². The molecule has 34 heavy (non-hydrogen) atoms. The van der Waals surface area contributed by atoms with E-state index in [4.69, 9.17) is 0 Å². The van der Waals surface area contributed by atoms with Crippen LogP contribution in [-0.4, -0.2) is 39.6 Å². The number of para-hydroxylation sites is 1. The van der Waals surface area contributed by atoms with Crippen molar-refractivity contribution < 1.29 is 22.8 Å². The molecule has 3 aromatic rings. The Balaban J connectivity index is 1.35. The summed E-state index contributed by atoms with van der Waals surface area (Å²) in [5.41, 5.74) is 1.62. The van der Waals surface area contributed by atoms with E-state index in [0.29, 0.717) is 37.2 Å². The van der Waals surface area contributed by atoms with Gasteiger partial charge in [0.2, 0.25) is 5.91 Å². The molecule has 2 heterocycles. The van der Waals surface area contributed by atoms with E-state index < -0.39 is 11.9 Å². The van der Waals surface area contributed by atoms with Gasteiger partial charge in [-0.25, -0.2) is 0 Å². The van der Waals surface area contributed by atoms with Crippen LogP contribution in [0.1, 0.15) is 46.1 Å². The van der Waals surface area contributed by atoms with E-state index in [1.807, 2.05) is 48.5 Å². The second kappa shape index (κ2) is 9.70. The first-order valence-electron chi connectivity index (χ1n) is 11.1. The molecule has 0 unspecified atom stereocenters. The lowest BCUT2D eigenvalue weighted by molar-refractivity contribution is -0.142. The smallest absolute Gasteiger partial charge is 0.341 e. The molecule has 2 amide bonds. The summed E-state index contributed by atoms with van der Waals surface area (Å²) in [7, 11) is 0. The molecule has 1 aliphatic rings. The zero-order valence-electron chi connectivity index (χ0n) is 18.7. The molecule has 0 saturated carbocycles. The number of rotatable bonds is 5. The summed E-state index contributed by atoms with van der Waals surface area (Å²) < 4.78 is 39.7. The third-order valence-electron chi connectivity index (χ3n) is 6.06. The molecule has 4 rings (SSSR count). The van der Waals surface area contributed by atoms with Crippen LogP contribution in [0.15, 0.2) is 60.7 Å². The number of hydrogen-bond donors (Lipinski definition) is 1. The number of aromatic nitrogens is 2. The maximum Gasteiger partial charge on any atom is 0.435 e. The van der Waals surface area contributed by atoms with Crippen molar-refractivity contribution in [1.29, 1.82) is 0 Å². The van der Waals surface area contributed by atoms with Crippen molar-refractivity contribution in [3.63, 3.8) is 0 Å². The number of nitrogens with zero attached hydrogens (tertiary/aromatic N) is 3. The van der Waals surface area contributed by atoms with E-state index >= 15 is 0 Å². The molecule has 0 bridgehead atoms. The number of benzene rings is 2. The van der Waals surface area contributed by atoms with Gasteiger partial charge in [-0.2, -0.15) is 18.3 Å². The fourth-order valence-electron chi connectivity index (χ4n) is 4.16. The third kappa shape index (κ3) is 5.47. The molecule has 178 valence electrons. The number of amides is 2. The van der Waals surface area contributed by atoms with Crippen LogP contribution in [0.3, 0.4) is 0 Å². The van der Waals surface area contributed by atoms with Crippen molar-refractivity contribution in [2.24, 2.45) is 0 Å². The van der Waals surface area contributed by atoms with Crippen LogP contribution in [0.2, 0.25) is 0 Å². The van der Waals surface area contributed by atoms with E-state index in [1.165, 1.54) is 6.92 Å². The Morgan fingerprint density at radius 3 is 2.38 bits per heavy atom. The van der Waals surface area contributed by atoms with Crippen LogP contribution in [0.5, 0.6) is 0 Å². The fraction of sp³-hybridized carbons (Fsp3) is 0.320. The number of nitrogens with one attached hydrogen (secondary N) is 1. The van der Waals surface area contributed by atoms with Gasteiger partial charge in [-0.15, -0.1) is 0 Å². The predicted octanol–water partition coefficient (Wildman–Crippen LogP) is 4.87. The second-order valence-corrected chi connectivity index (χ2v) is 8.43. The minimum absolute atomic E-state index is 0.187. The molecule has 1 aliphatic heterocycles. The first-order valence-corrected chi connectivity index (χ1v) is 11.1. The van der Waals surface area contributed by atoms with E-state index in [1.54, 1.807) is 11.0 Å². The van der Waals surface area contributed by atoms with Crippen molar-refractivity contribution in [2.45, 2.75) is 38.4 Å². The minimum atomic E-state index is -4.54. The third-order valence-corrected chi connectivity index (χ3v) is 6.06. The highest BCUT2D eigenvalue weighted by Gasteiger charge is 2.35. The van der Waals surface area contributed by atoms with Crippen LogP contribution in [0, 0.1) is 6.92 Å². The topological polar surface area (TPSA) is 67.2 Å². The normalized spacial score (nSPS) is 14.8. The highest BCUT2D eigenvalue weighted by atomic mass is 19.4. The molecule has 0 aliphatic carbocycles. The molecule has 1 N–H and O–H groups in total. The lowest BCUT2D eigenvalue weighted by atomic mass is 9.88. The molecule has 1 aromatic heterocycles. The zero-order chi connectivity index (χ0) is 24.3. The maximum atomic E-state index is 12.9. The van der Waals surface area contributed by atoms with Gasteiger partial charge in [0.25, 0.3) is 5.91 Å². The van der Waals surface area contributed by atoms with Crippen LogP contribution in [0.25, 0.3) is 0 Å². The number of piperidine rings is 1. The predicted molar refractivity (Wildman–Crippen MR) is 121 cm³/mol. The molecule has 9 heteroatoms. The zero-order valence-corrected chi connectivity index (χ0v) is 18.7. The Bertz CT molecular complexity index is 1170. The lowest BCUT2D eigenvalue weighted by Gasteiger charge is -2.32. The monoisotopic (exact) mass is 470 g/mol. The maximum absolute atomic E-state index is 12.9. The molecule has 1 fully saturated rings. The van der Waals surface area contributed by atoms with E-state index in [9.17, 15) is 22.8 Å². The number of hydrogen-bond acceptors (Lipinski definition) is 3. The molecule has 0 atom stereocenters. The highest BCUT2D eigenvalue weighted by molar-refractivity contribution is 6.04. The molecule has 1 saturated heterocycles. The highest BCUT2D eigenvalue weighted by Crippen LogP contribution is 2.30. The Morgan fingerprint density at radius 2 is 1.74 bits per heavy atom. The van der Waals surface area contributed by atoms with Gasteiger partial charge in [-0.1, -0.05) is 30.3 Å². The van der Waals surface area contributed by atoms with E-state index in [2.05, 4.69) is 10.4 Å². The SMILES string of the molecule is Cc1cc(C(F)(F)F)nn1CC(=O)N1CCC(c2cccc(C(=O)Nc3ccccc3)c2)CC1. The quantitative estimate of drug-likeness (QED) is 0.579. The molecular formula is C25H25F3N4O2. The van der Waals surface area contributed by atoms with Crippen molar-refractivity contribution in [2.75, 3.05) is 18.4 Å². The van der Waals surface area contributed by atoms with Gasteiger partial charge in [0.15, 0.2) is 5.69 Å². The minimum Gasteiger partial charge on any atom is -0.341 e. The average molecular weight is 470 g/mol. The average Bonchev–Trinajstić information content (AvgIpc) is 3.20. The largest absolute Gasteiger partial charge is 0.435 e. The summed E-state index contributed by atoms with van der Waals surface area (Å²) in [5.74, 6) is -0.250. The standard InChI is InChI=1S/C25H25F3N4O2/c1-17-14-22(25(26,27)28)30-32(17)16-23(33)31-12-10-18(11-13-31)19-6-5-7-20(15-19)24(34)29-21-8-3-2-4-9-21/h2-9,14-15,18H,10-13,16H2,1H3,(H,29,34). The summed E-state index contributed by atoms with van der Waals surface area (Å²) in [5, 5.41) is 6.42. The van der Waals surface area contributed by atoms with Crippen LogP contribution in [0.4, 0.5) is 18.9 Å². The van der Waals surface area contributed by atoms with Gasteiger partial charge < -0.3 is 10.2 Å². The van der Waals surface area contributed by atoms with Crippen LogP contribution < -0.4 is 5.32 Å². The van der Waals surface area contributed by atoms with Gasteiger partial charge in [0.05, 0.1) is 0 Å².